The van der Waals surface area contributed by atoms with E-state index in [1.54, 1.807) is 24.3 Å². The van der Waals surface area contributed by atoms with Crippen LogP contribution >= 0.6 is 0 Å². The minimum Gasteiger partial charge on any atom is -0.505 e. The van der Waals surface area contributed by atoms with E-state index in [4.69, 9.17) is 0 Å². The number of rotatable bonds is 2. The zero-order chi connectivity index (χ0) is 15.1. The van der Waals surface area contributed by atoms with Gasteiger partial charge in [0.05, 0.1) is 5.69 Å². The van der Waals surface area contributed by atoms with Crippen LogP contribution in [-0.4, -0.2) is 20.1 Å². The Morgan fingerprint density at radius 2 is 1.64 bits per heavy atom. The Kier molecular flexibility index (Phi) is 2.62. The molecule has 0 amide bonds. The Hall–Kier alpha value is -3.28. The first-order valence-corrected chi connectivity index (χ1v) is 6.69. The van der Waals surface area contributed by atoms with E-state index in [0.29, 0.717) is 16.3 Å². The molecule has 0 spiro atoms. The van der Waals surface area contributed by atoms with Crippen molar-refractivity contribution in [1.82, 2.24) is 15.0 Å². The smallest absolute Gasteiger partial charge is 0.158 e. The SMILES string of the molecule is O=Nc1c2ccccc2c(O)c2nnn(-c3ccccc3)c12. The molecule has 3 aromatic carbocycles. The van der Waals surface area contributed by atoms with E-state index in [9.17, 15) is 10.0 Å². The van der Waals surface area contributed by atoms with Gasteiger partial charge in [-0.2, -0.15) is 0 Å². The molecule has 1 heterocycles. The van der Waals surface area contributed by atoms with Crippen molar-refractivity contribution in [3.8, 4) is 11.4 Å². The highest BCUT2D eigenvalue weighted by molar-refractivity contribution is 6.12. The molecule has 6 heteroatoms. The van der Waals surface area contributed by atoms with Gasteiger partial charge in [0.25, 0.3) is 0 Å². The lowest BCUT2D eigenvalue weighted by Gasteiger charge is -2.07. The average Bonchev–Trinajstić information content (AvgIpc) is 3.01. The summed E-state index contributed by atoms with van der Waals surface area (Å²) in [5, 5.41) is 22.8. The van der Waals surface area contributed by atoms with Crippen LogP contribution in [0.4, 0.5) is 5.69 Å². The number of phenols is 1. The molecule has 4 rings (SSSR count). The largest absolute Gasteiger partial charge is 0.505 e. The van der Waals surface area contributed by atoms with Gasteiger partial charge in [0, 0.05) is 10.8 Å². The van der Waals surface area contributed by atoms with E-state index in [2.05, 4.69) is 15.5 Å². The predicted molar refractivity (Wildman–Crippen MR) is 83.5 cm³/mol. The third-order valence-electron chi connectivity index (χ3n) is 3.65. The van der Waals surface area contributed by atoms with Gasteiger partial charge in [0.15, 0.2) is 11.3 Å². The van der Waals surface area contributed by atoms with Crippen molar-refractivity contribution >= 4 is 27.5 Å². The van der Waals surface area contributed by atoms with Crippen LogP contribution in [0.25, 0.3) is 27.5 Å². The van der Waals surface area contributed by atoms with Gasteiger partial charge in [-0.15, -0.1) is 10.0 Å². The number of aromatic hydroxyl groups is 1. The van der Waals surface area contributed by atoms with Crippen LogP contribution in [0.5, 0.6) is 5.75 Å². The van der Waals surface area contributed by atoms with E-state index in [1.807, 2.05) is 30.3 Å². The molecule has 0 radical (unpaired) electrons. The Labute approximate surface area is 124 Å². The van der Waals surface area contributed by atoms with Crippen LogP contribution in [0.1, 0.15) is 0 Å². The highest BCUT2D eigenvalue weighted by Gasteiger charge is 2.20. The quantitative estimate of drug-likeness (QED) is 0.571. The second-order valence-corrected chi connectivity index (χ2v) is 4.87. The van der Waals surface area contributed by atoms with E-state index >= 15 is 0 Å². The Morgan fingerprint density at radius 3 is 2.36 bits per heavy atom. The van der Waals surface area contributed by atoms with Crippen LogP contribution in [0, 0.1) is 4.91 Å². The highest BCUT2D eigenvalue weighted by atomic mass is 16.3. The van der Waals surface area contributed by atoms with Crippen molar-refractivity contribution in [1.29, 1.82) is 0 Å². The Bertz CT molecular complexity index is 1010. The van der Waals surface area contributed by atoms with Gasteiger partial charge in [0.1, 0.15) is 11.2 Å². The third-order valence-corrected chi connectivity index (χ3v) is 3.65. The Morgan fingerprint density at radius 1 is 0.955 bits per heavy atom. The van der Waals surface area contributed by atoms with Crippen molar-refractivity contribution in [2.45, 2.75) is 0 Å². The fourth-order valence-electron chi connectivity index (χ4n) is 2.65. The van der Waals surface area contributed by atoms with Gasteiger partial charge in [-0.3, -0.25) is 0 Å². The molecular formula is C16H10N4O2. The van der Waals surface area contributed by atoms with Crippen LogP contribution in [0.2, 0.25) is 0 Å². The van der Waals surface area contributed by atoms with Gasteiger partial charge in [-0.25, -0.2) is 4.68 Å². The monoisotopic (exact) mass is 290 g/mol. The van der Waals surface area contributed by atoms with Crippen molar-refractivity contribution in [3.63, 3.8) is 0 Å². The molecule has 0 aliphatic carbocycles. The van der Waals surface area contributed by atoms with Gasteiger partial charge < -0.3 is 5.11 Å². The Balaban J connectivity index is 2.21. The van der Waals surface area contributed by atoms with Crippen molar-refractivity contribution < 1.29 is 5.11 Å². The molecular weight excluding hydrogens is 280 g/mol. The molecule has 4 aromatic rings. The lowest BCUT2D eigenvalue weighted by molar-refractivity contribution is 0.486. The summed E-state index contributed by atoms with van der Waals surface area (Å²) in [6.45, 7) is 0. The normalized spacial score (nSPS) is 11.1. The van der Waals surface area contributed by atoms with Crippen LogP contribution in [0.3, 0.4) is 0 Å². The van der Waals surface area contributed by atoms with Gasteiger partial charge >= 0.3 is 0 Å². The molecule has 0 unspecified atom stereocenters. The molecule has 0 aliphatic rings. The fraction of sp³-hybridized carbons (Fsp3) is 0. The van der Waals surface area contributed by atoms with E-state index in [0.717, 1.165) is 5.69 Å². The summed E-state index contributed by atoms with van der Waals surface area (Å²) in [6.07, 6.45) is 0. The summed E-state index contributed by atoms with van der Waals surface area (Å²) in [4.78, 5) is 11.4. The molecule has 106 valence electrons. The van der Waals surface area contributed by atoms with E-state index < -0.39 is 0 Å². The summed E-state index contributed by atoms with van der Waals surface area (Å²) in [7, 11) is 0. The van der Waals surface area contributed by atoms with E-state index in [1.165, 1.54) is 4.68 Å². The minimum absolute atomic E-state index is 0.000168. The maximum absolute atomic E-state index is 11.4. The average molecular weight is 290 g/mol. The van der Waals surface area contributed by atoms with Crippen LogP contribution in [-0.2, 0) is 0 Å². The molecule has 0 aliphatic heterocycles. The number of fused-ring (bicyclic) bond motifs is 2. The summed E-state index contributed by atoms with van der Waals surface area (Å²) in [5.74, 6) is 0.000168. The first-order valence-electron chi connectivity index (χ1n) is 6.69. The summed E-state index contributed by atoms with van der Waals surface area (Å²) in [5.41, 5.74) is 1.62. The molecule has 0 atom stereocenters. The minimum atomic E-state index is 0.000168. The number of benzene rings is 3. The fourth-order valence-corrected chi connectivity index (χ4v) is 2.65. The zero-order valence-electron chi connectivity index (χ0n) is 11.3. The van der Waals surface area contributed by atoms with Crippen LogP contribution in [0.15, 0.2) is 59.8 Å². The van der Waals surface area contributed by atoms with Crippen LogP contribution < -0.4 is 0 Å². The molecule has 0 bridgehead atoms. The summed E-state index contributed by atoms with van der Waals surface area (Å²) in [6, 6.07) is 16.3. The van der Waals surface area contributed by atoms with Crippen molar-refractivity contribution in [2.75, 3.05) is 0 Å². The molecule has 1 N–H and O–H groups in total. The molecule has 0 fully saturated rings. The number of hydrogen-bond acceptors (Lipinski definition) is 5. The topological polar surface area (TPSA) is 80.4 Å². The molecule has 6 nitrogen and oxygen atoms in total. The first kappa shape index (κ1) is 12.5. The molecule has 22 heavy (non-hydrogen) atoms. The molecule has 1 aromatic heterocycles. The maximum Gasteiger partial charge on any atom is 0.158 e. The maximum atomic E-state index is 11.4. The van der Waals surface area contributed by atoms with Crippen molar-refractivity contribution in [3.05, 3.63) is 59.5 Å². The van der Waals surface area contributed by atoms with Crippen molar-refractivity contribution in [2.24, 2.45) is 5.18 Å². The number of phenolic OH excluding ortho intramolecular Hbond substituents is 1. The van der Waals surface area contributed by atoms with Gasteiger partial charge in [-0.1, -0.05) is 47.7 Å². The summed E-state index contributed by atoms with van der Waals surface area (Å²) >= 11 is 0. The second kappa shape index (κ2) is 4.63. The third kappa shape index (κ3) is 1.61. The second-order valence-electron chi connectivity index (χ2n) is 4.87. The summed E-state index contributed by atoms with van der Waals surface area (Å²) < 4.78 is 1.51. The number of nitroso groups, excluding NO2 is 1. The molecule has 0 saturated carbocycles. The highest BCUT2D eigenvalue weighted by Crippen LogP contribution is 2.41. The predicted octanol–water partition coefficient (Wildman–Crippen LogP) is 3.68. The zero-order valence-corrected chi connectivity index (χ0v) is 11.3. The lowest BCUT2D eigenvalue weighted by Crippen LogP contribution is -1.96. The number of nitrogens with zero attached hydrogens (tertiary/aromatic N) is 4. The van der Waals surface area contributed by atoms with E-state index in [-0.39, 0.29) is 17.0 Å². The number of para-hydroxylation sites is 1. The molecule has 0 saturated heterocycles. The standard InChI is InChI=1S/C16H10N4O2/c21-16-12-9-5-4-8-11(12)13(18-22)15-14(16)17-19-20(15)10-6-2-1-3-7-10/h1-9,21H. The lowest BCUT2D eigenvalue weighted by atomic mass is 10.1. The van der Waals surface area contributed by atoms with Gasteiger partial charge in [0.2, 0.25) is 0 Å². The van der Waals surface area contributed by atoms with Gasteiger partial charge in [-0.05, 0) is 17.3 Å². The number of aromatic nitrogens is 3. The number of hydrogen-bond donors (Lipinski definition) is 1. The first-order chi connectivity index (χ1) is 10.8.